The largest absolute Gasteiger partial charge is 0.461 e. The van der Waals surface area contributed by atoms with E-state index < -0.39 is 18.0 Å². The number of aromatic amines is 1. The number of hydrogen-bond donors (Lipinski definition) is 4. The summed E-state index contributed by atoms with van der Waals surface area (Å²) in [4.78, 5) is 22.1. The summed E-state index contributed by atoms with van der Waals surface area (Å²) >= 11 is 0. The number of ether oxygens (including phenoxy) is 1. The maximum atomic E-state index is 11.5. The summed E-state index contributed by atoms with van der Waals surface area (Å²) < 4.78 is 4.83. The van der Waals surface area contributed by atoms with E-state index in [-0.39, 0.29) is 25.4 Å². The number of carbonyl (C=O) groups excluding carboxylic acids is 2. The first kappa shape index (κ1) is 14.1. The van der Waals surface area contributed by atoms with Crippen molar-refractivity contribution >= 4 is 11.9 Å². The fourth-order valence-corrected chi connectivity index (χ4v) is 1.27. The molecule has 0 saturated heterocycles. The van der Waals surface area contributed by atoms with E-state index in [1.165, 1.54) is 6.20 Å². The second kappa shape index (κ2) is 6.72. The summed E-state index contributed by atoms with van der Waals surface area (Å²) in [5.41, 5.74) is 5.73. The smallest absolute Gasteiger partial charge is 0.356 e. The Bertz CT molecular complexity index is 418. The van der Waals surface area contributed by atoms with Gasteiger partial charge in [0, 0.05) is 18.7 Å². The Labute approximate surface area is 104 Å². The topological polar surface area (TPSA) is 130 Å². The number of nitrogens with zero attached hydrogens (tertiary/aromatic N) is 1. The lowest BCUT2D eigenvalue weighted by molar-refractivity contribution is -0.125. The quantitative estimate of drug-likeness (QED) is 0.440. The van der Waals surface area contributed by atoms with Crippen LogP contribution in [0.2, 0.25) is 0 Å². The Morgan fingerprint density at radius 1 is 1.67 bits per heavy atom. The average Bonchev–Trinajstić information content (AvgIpc) is 2.77. The lowest BCUT2D eigenvalue weighted by Crippen LogP contribution is -2.37. The van der Waals surface area contributed by atoms with E-state index in [1.807, 2.05) is 0 Å². The molecule has 18 heavy (non-hydrogen) atoms. The number of esters is 1. The van der Waals surface area contributed by atoms with Gasteiger partial charge in [-0.15, -0.1) is 0 Å². The van der Waals surface area contributed by atoms with Crippen LogP contribution in [0.1, 0.15) is 23.0 Å². The van der Waals surface area contributed by atoms with Crippen molar-refractivity contribution in [3.63, 3.8) is 0 Å². The van der Waals surface area contributed by atoms with Gasteiger partial charge in [0.2, 0.25) is 5.91 Å². The lowest BCUT2D eigenvalue weighted by atomic mass is 10.2. The molecule has 1 heterocycles. The molecule has 0 radical (unpaired) electrons. The molecular weight excluding hydrogens is 240 g/mol. The normalized spacial score (nSPS) is 12.1. The number of hydrogen-bond acceptors (Lipinski definition) is 6. The molecule has 1 unspecified atom stereocenters. The van der Waals surface area contributed by atoms with Gasteiger partial charge in [-0.1, -0.05) is 0 Å². The van der Waals surface area contributed by atoms with Crippen LogP contribution in [-0.2, 0) is 16.1 Å². The van der Waals surface area contributed by atoms with Gasteiger partial charge in [0.15, 0.2) is 0 Å². The molecule has 1 atom stereocenters. The minimum Gasteiger partial charge on any atom is -0.461 e. The van der Waals surface area contributed by atoms with Crippen LogP contribution in [0.25, 0.3) is 0 Å². The summed E-state index contributed by atoms with van der Waals surface area (Å²) in [6.07, 6.45) is 0.207. The van der Waals surface area contributed by atoms with Crippen LogP contribution in [0.4, 0.5) is 0 Å². The Hall–Kier alpha value is -1.93. The van der Waals surface area contributed by atoms with Gasteiger partial charge >= 0.3 is 5.97 Å². The monoisotopic (exact) mass is 256 g/mol. The summed E-state index contributed by atoms with van der Waals surface area (Å²) in [5, 5.41) is 18.2. The van der Waals surface area contributed by atoms with Crippen molar-refractivity contribution in [3.05, 3.63) is 17.5 Å². The Morgan fingerprint density at radius 3 is 3.00 bits per heavy atom. The maximum Gasteiger partial charge on any atom is 0.356 e. The number of primary amides is 1. The summed E-state index contributed by atoms with van der Waals surface area (Å²) in [5.74, 6) is -1.30. The van der Waals surface area contributed by atoms with E-state index >= 15 is 0 Å². The van der Waals surface area contributed by atoms with Crippen LogP contribution in [0.5, 0.6) is 0 Å². The van der Waals surface area contributed by atoms with E-state index in [1.54, 1.807) is 6.92 Å². The third kappa shape index (κ3) is 3.82. The first-order chi connectivity index (χ1) is 8.56. The van der Waals surface area contributed by atoms with Crippen molar-refractivity contribution in [1.82, 2.24) is 15.5 Å². The predicted molar refractivity (Wildman–Crippen MR) is 61.5 cm³/mol. The van der Waals surface area contributed by atoms with Gasteiger partial charge in [0.25, 0.3) is 0 Å². The second-order valence-corrected chi connectivity index (χ2v) is 3.54. The van der Waals surface area contributed by atoms with Gasteiger partial charge in [-0.2, -0.15) is 5.10 Å². The lowest BCUT2D eigenvalue weighted by Gasteiger charge is -2.08. The van der Waals surface area contributed by atoms with Gasteiger partial charge < -0.3 is 20.9 Å². The molecule has 0 saturated carbocycles. The number of nitrogens with one attached hydrogen (secondary N) is 2. The molecule has 0 aliphatic heterocycles. The highest BCUT2D eigenvalue weighted by Crippen LogP contribution is 2.06. The van der Waals surface area contributed by atoms with Crippen LogP contribution in [0.15, 0.2) is 6.20 Å². The molecule has 0 fully saturated rings. The molecule has 1 rings (SSSR count). The van der Waals surface area contributed by atoms with E-state index in [9.17, 15) is 9.59 Å². The first-order valence-electron chi connectivity index (χ1n) is 5.43. The number of amides is 1. The third-order valence-electron chi connectivity index (χ3n) is 2.18. The maximum absolute atomic E-state index is 11.5. The number of H-pyrrole nitrogens is 1. The highest BCUT2D eigenvalue weighted by Gasteiger charge is 2.15. The standard InChI is InChI=1S/C10H16N4O4/c1-2-18-10(17)8-6(4-13-14-8)3-12-5-7(15)9(11)16/h4,7,12,15H,2-3,5H2,1H3,(H2,11,16)(H,13,14). The highest BCUT2D eigenvalue weighted by molar-refractivity contribution is 5.88. The third-order valence-corrected chi connectivity index (χ3v) is 2.18. The highest BCUT2D eigenvalue weighted by atomic mass is 16.5. The van der Waals surface area contributed by atoms with Crippen LogP contribution >= 0.6 is 0 Å². The molecule has 8 nitrogen and oxygen atoms in total. The number of aliphatic hydroxyl groups excluding tert-OH is 1. The number of aromatic nitrogens is 2. The van der Waals surface area contributed by atoms with Crippen LogP contribution in [0, 0.1) is 0 Å². The fraction of sp³-hybridized carbons (Fsp3) is 0.500. The molecule has 1 aromatic rings. The molecule has 1 aromatic heterocycles. The minimum absolute atomic E-state index is 0.00276. The van der Waals surface area contributed by atoms with E-state index in [0.29, 0.717) is 5.56 Å². The van der Waals surface area contributed by atoms with Crippen LogP contribution < -0.4 is 11.1 Å². The number of nitrogens with two attached hydrogens (primary N) is 1. The van der Waals surface area contributed by atoms with Crippen molar-refractivity contribution in [2.45, 2.75) is 19.6 Å². The molecular formula is C10H16N4O4. The molecule has 0 aliphatic rings. The Morgan fingerprint density at radius 2 is 2.39 bits per heavy atom. The molecule has 1 amide bonds. The number of carbonyl (C=O) groups is 2. The molecule has 0 spiro atoms. The molecule has 0 aliphatic carbocycles. The zero-order chi connectivity index (χ0) is 13.5. The van der Waals surface area contributed by atoms with Crippen LogP contribution in [0.3, 0.4) is 0 Å². The predicted octanol–water partition coefficient (Wildman–Crippen LogP) is -1.48. The molecule has 5 N–H and O–H groups in total. The Kier molecular flexibility index (Phi) is 5.28. The SMILES string of the molecule is CCOC(=O)c1[nH]ncc1CNCC(O)C(N)=O. The second-order valence-electron chi connectivity index (χ2n) is 3.54. The van der Waals surface area contributed by atoms with Crippen molar-refractivity contribution in [2.24, 2.45) is 5.73 Å². The van der Waals surface area contributed by atoms with Gasteiger partial charge in [0.1, 0.15) is 11.8 Å². The van der Waals surface area contributed by atoms with Crippen molar-refractivity contribution in [3.8, 4) is 0 Å². The number of rotatable bonds is 7. The average molecular weight is 256 g/mol. The summed E-state index contributed by atoms with van der Waals surface area (Å²) in [6, 6.07) is 0. The Balaban J connectivity index is 2.50. The zero-order valence-electron chi connectivity index (χ0n) is 9.97. The summed E-state index contributed by atoms with van der Waals surface area (Å²) in [7, 11) is 0. The fourth-order valence-electron chi connectivity index (χ4n) is 1.27. The van der Waals surface area contributed by atoms with Crippen molar-refractivity contribution in [1.29, 1.82) is 0 Å². The van der Waals surface area contributed by atoms with Crippen LogP contribution in [-0.4, -0.2) is 46.4 Å². The van der Waals surface area contributed by atoms with E-state index in [0.717, 1.165) is 0 Å². The van der Waals surface area contributed by atoms with Crippen molar-refractivity contribution < 1.29 is 19.4 Å². The summed E-state index contributed by atoms with van der Waals surface area (Å²) in [6.45, 7) is 2.23. The van der Waals surface area contributed by atoms with E-state index in [4.69, 9.17) is 15.6 Å². The first-order valence-corrected chi connectivity index (χ1v) is 5.43. The zero-order valence-corrected chi connectivity index (χ0v) is 9.97. The van der Waals surface area contributed by atoms with Gasteiger partial charge in [-0.25, -0.2) is 4.79 Å². The number of aliphatic hydroxyl groups is 1. The molecule has 100 valence electrons. The van der Waals surface area contributed by atoms with E-state index in [2.05, 4.69) is 15.5 Å². The molecule has 0 bridgehead atoms. The van der Waals surface area contributed by atoms with Crippen molar-refractivity contribution in [2.75, 3.05) is 13.2 Å². The minimum atomic E-state index is -1.26. The van der Waals surface area contributed by atoms with Gasteiger partial charge in [-0.05, 0) is 6.92 Å². The van der Waals surface area contributed by atoms with Gasteiger partial charge in [0.05, 0.1) is 12.8 Å². The van der Waals surface area contributed by atoms with Gasteiger partial charge in [-0.3, -0.25) is 9.89 Å². The molecule has 8 heteroatoms. The molecule has 0 aromatic carbocycles.